The van der Waals surface area contributed by atoms with Crippen molar-refractivity contribution in [3.05, 3.63) is 29.3 Å². The van der Waals surface area contributed by atoms with Gasteiger partial charge in [-0.15, -0.1) is 0 Å². The first-order chi connectivity index (χ1) is 12.7. The Hall–Kier alpha value is -1.60. The van der Waals surface area contributed by atoms with Gasteiger partial charge in [0.2, 0.25) is 5.91 Å². The summed E-state index contributed by atoms with van der Waals surface area (Å²) in [7, 11) is 0. The fourth-order valence-corrected chi connectivity index (χ4v) is 3.61. The van der Waals surface area contributed by atoms with Crippen LogP contribution in [0.15, 0.2) is 24.3 Å². The van der Waals surface area contributed by atoms with Gasteiger partial charge in [-0.1, -0.05) is 17.7 Å². The second-order valence-electron chi connectivity index (χ2n) is 7.33. The molecular weight excluding hydrogens is 386 g/mol. The van der Waals surface area contributed by atoms with Crippen molar-refractivity contribution in [3.8, 4) is 0 Å². The summed E-state index contributed by atoms with van der Waals surface area (Å²) in [4.78, 5) is 28.0. The highest BCUT2D eigenvalue weighted by Crippen LogP contribution is 2.21. The zero-order valence-electron chi connectivity index (χ0n) is 16.2. The van der Waals surface area contributed by atoms with E-state index in [1.807, 2.05) is 49.9 Å². The van der Waals surface area contributed by atoms with Crippen molar-refractivity contribution in [1.29, 1.82) is 0 Å². The van der Waals surface area contributed by atoms with Crippen LogP contribution in [0.25, 0.3) is 0 Å². The van der Waals surface area contributed by atoms with E-state index in [9.17, 15) is 9.59 Å². The maximum atomic E-state index is 12.3. The number of anilines is 1. The third-order valence-corrected chi connectivity index (χ3v) is 5.12. The number of piperazine rings is 1. The number of hydrogen-bond acceptors (Lipinski definition) is 5. The van der Waals surface area contributed by atoms with Crippen molar-refractivity contribution in [2.75, 3.05) is 49.1 Å². The van der Waals surface area contributed by atoms with Gasteiger partial charge in [0.15, 0.2) is 0 Å². The van der Waals surface area contributed by atoms with Crippen molar-refractivity contribution in [2.24, 2.45) is 0 Å². The predicted octanol–water partition coefficient (Wildman–Crippen LogP) is 3.25. The molecular formula is C19H28ClN3O3S. The number of carbonyl (C=O) groups excluding carboxylic acids is 2. The topological polar surface area (TPSA) is 61.9 Å². The normalized spacial score (nSPS) is 14.8. The molecule has 6 nitrogen and oxygen atoms in total. The molecule has 150 valence electrons. The summed E-state index contributed by atoms with van der Waals surface area (Å²) in [5.41, 5.74) is 0.595. The molecule has 0 aliphatic carbocycles. The van der Waals surface area contributed by atoms with E-state index in [1.165, 1.54) is 11.8 Å². The van der Waals surface area contributed by atoms with Gasteiger partial charge in [0.1, 0.15) is 5.60 Å². The molecule has 1 fully saturated rings. The van der Waals surface area contributed by atoms with Crippen LogP contribution in [0.3, 0.4) is 0 Å². The van der Waals surface area contributed by atoms with Crippen LogP contribution in [0.2, 0.25) is 5.02 Å². The summed E-state index contributed by atoms with van der Waals surface area (Å²) < 4.78 is 5.17. The molecule has 1 heterocycles. The molecule has 1 aromatic rings. The van der Waals surface area contributed by atoms with Crippen LogP contribution in [0.5, 0.6) is 0 Å². The molecule has 1 N–H and O–H groups in total. The van der Waals surface area contributed by atoms with Gasteiger partial charge in [-0.05, 0) is 39.0 Å². The van der Waals surface area contributed by atoms with E-state index in [2.05, 4.69) is 10.2 Å². The molecule has 0 bridgehead atoms. The number of carbonyl (C=O) groups is 2. The average molecular weight is 414 g/mol. The van der Waals surface area contributed by atoms with Crippen molar-refractivity contribution in [2.45, 2.75) is 26.4 Å². The lowest BCUT2D eigenvalue weighted by Crippen LogP contribution is -2.49. The quantitative estimate of drug-likeness (QED) is 0.725. The van der Waals surface area contributed by atoms with Gasteiger partial charge in [-0.25, -0.2) is 4.79 Å². The summed E-state index contributed by atoms with van der Waals surface area (Å²) in [6.07, 6.45) is -0.424. The van der Waals surface area contributed by atoms with Crippen molar-refractivity contribution in [1.82, 2.24) is 10.2 Å². The second kappa shape index (κ2) is 10.1. The summed E-state index contributed by atoms with van der Waals surface area (Å²) in [6, 6.07) is 7.79. The number of thioether (sulfide) groups is 1. The smallest absolute Gasteiger partial charge is 0.407 e. The van der Waals surface area contributed by atoms with Gasteiger partial charge >= 0.3 is 6.09 Å². The van der Waals surface area contributed by atoms with Crippen LogP contribution in [-0.2, 0) is 9.53 Å². The van der Waals surface area contributed by atoms with Gasteiger partial charge in [0.25, 0.3) is 0 Å². The highest BCUT2D eigenvalue weighted by molar-refractivity contribution is 7.99. The summed E-state index contributed by atoms with van der Waals surface area (Å²) >= 11 is 7.57. The number of ether oxygens (including phenoxy) is 1. The maximum Gasteiger partial charge on any atom is 0.407 e. The summed E-state index contributed by atoms with van der Waals surface area (Å²) in [6.45, 7) is 8.98. The number of alkyl carbamates (subject to hydrolysis) is 1. The molecule has 0 aromatic heterocycles. The lowest BCUT2D eigenvalue weighted by atomic mass is 10.2. The molecule has 8 heteroatoms. The number of amides is 2. The monoisotopic (exact) mass is 413 g/mol. The first kappa shape index (κ1) is 21.7. The Morgan fingerprint density at radius 2 is 1.93 bits per heavy atom. The number of benzene rings is 1. The third-order valence-electron chi connectivity index (χ3n) is 3.95. The lowest BCUT2D eigenvalue weighted by Gasteiger charge is -2.36. The minimum atomic E-state index is -0.500. The molecule has 1 aliphatic rings. The predicted molar refractivity (Wildman–Crippen MR) is 112 cm³/mol. The Balaban J connectivity index is 1.61. The summed E-state index contributed by atoms with van der Waals surface area (Å²) in [5.74, 6) is 1.24. The fourth-order valence-electron chi connectivity index (χ4n) is 2.68. The minimum Gasteiger partial charge on any atom is -0.444 e. The van der Waals surface area contributed by atoms with Crippen molar-refractivity contribution < 1.29 is 14.3 Å². The molecule has 27 heavy (non-hydrogen) atoms. The van der Waals surface area contributed by atoms with Crippen molar-refractivity contribution in [3.63, 3.8) is 0 Å². The molecule has 0 atom stereocenters. The highest BCUT2D eigenvalue weighted by atomic mass is 35.5. The van der Waals surface area contributed by atoms with E-state index in [-0.39, 0.29) is 5.91 Å². The van der Waals surface area contributed by atoms with E-state index in [4.69, 9.17) is 16.3 Å². The van der Waals surface area contributed by atoms with Crippen LogP contribution in [0.1, 0.15) is 20.8 Å². The van der Waals surface area contributed by atoms with E-state index >= 15 is 0 Å². The molecule has 1 saturated heterocycles. The Morgan fingerprint density at radius 3 is 2.56 bits per heavy atom. The van der Waals surface area contributed by atoms with E-state index < -0.39 is 11.7 Å². The van der Waals surface area contributed by atoms with E-state index in [0.717, 1.165) is 23.8 Å². The summed E-state index contributed by atoms with van der Waals surface area (Å²) in [5, 5.41) is 3.42. The van der Waals surface area contributed by atoms with Gasteiger partial charge < -0.3 is 19.9 Å². The first-order valence-electron chi connectivity index (χ1n) is 9.07. The standard InChI is InChI=1S/C19H28ClN3O3S/c1-19(2,3)26-18(25)21-7-12-27-14-17(24)23-10-8-22(9-11-23)16-6-4-5-15(20)13-16/h4-6,13H,7-12,14H2,1-3H3,(H,21,25). The molecule has 1 aromatic carbocycles. The zero-order valence-corrected chi connectivity index (χ0v) is 17.7. The van der Waals surface area contributed by atoms with Gasteiger partial charge in [0, 0.05) is 49.2 Å². The third kappa shape index (κ3) is 7.89. The molecule has 0 radical (unpaired) electrons. The van der Waals surface area contributed by atoms with Gasteiger partial charge in [-0.2, -0.15) is 11.8 Å². The van der Waals surface area contributed by atoms with E-state index in [1.54, 1.807) is 0 Å². The maximum absolute atomic E-state index is 12.3. The Morgan fingerprint density at radius 1 is 1.22 bits per heavy atom. The molecule has 2 amide bonds. The molecule has 0 saturated carbocycles. The number of halogens is 1. The van der Waals surface area contributed by atoms with Gasteiger partial charge in [-0.3, -0.25) is 4.79 Å². The molecule has 1 aliphatic heterocycles. The highest BCUT2D eigenvalue weighted by Gasteiger charge is 2.21. The van der Waals surface area contributed by atoms with E-state index in [0.29, 0.717) is 31.1 Å². The van der Waals surface area contributed by atoms with Gasteiger partial charge in [0.05, 0.1) is 5.75 Å². The number of nitrogens with zero attached hydrogens (tertiary/aromatic N) is 2. The van der Waals surface area contributed by atoms with Crippen LogP contribution in [-0.4, -0.2) is 66.7 Å². The minimum absolute atomic E-state index is 0.142. The van der Waals surface area contributed by atoms with Crippen LogP contribution in [0, 0.1) is 0 Å². The number of nitrogens with one attached hydrogen (secondary N) is 1. The lowest BCUT2D eigenvalue weighted by molar-refractivity contribution is -0.128. The number of hydrogen-bond donors (Lipinski definition) is 1. The van der Waals surface area contributed by atoms with Crippen LogP contribution in [0.4, 0.5) is 10.5 Å². The molecule has 0 spiro atoms. The average Bonchev–Trinajstić information content (AvgIpc) is 2.60. The van der Waals surface area contributed by atoms with Crippen LogP contribution < -0.4 is 10.2 Å². The largest absolute Gasteiger partial charge is 0.444 e. The second-order valence-corrected chi connectivity index (χ2v) is 8.87. The molecule has 0 unspecified atom stereocenters. The Bertz CT molecular complexity index is 643. The number of rotatable bonds is 6. The Kier molecular flexibility index (Phi) is 8.10. The van der Waals surface area contributed by atoms with Crippen molar-refractivity contribution >= 4 is 41.1 Å². The molecule has 2 rings (SSSR count). The van der Waals surface area contributed by atoms with Crippen LogP contribution >= 0.6 is 23.4 Å². The first-order valence-corrected chi connectivity index (χ1v) is 10.6. The SMILES string of the molecule is CC(C)(C)OC(=O)NCCSCC(=O)N1CCN(c2cccc(Cl)c2)CC1. The Labute approximate surface area is 170 Å². The zero-order chi connectivity index (χ0) is 19.9. The fraction of sp³-hybridized carbons (Fsp3) is 0.579.